The van der Waals surface area contributed by atoms with E-state index in [0.29, 0.717) is 0 Å². The van der Waals surface area contributed by atoms with Crippen LogP contribution in [0.5, 0.6) is 0 Å². The Balaban J connectivity index is 1.66. The Morgan fingerprint density at radius 1 is 1.12 bits per heavy atom. The van der Waals surface area contributed by atoms with Gasteiger partial charge in [-0.25, -0.2) is 9.50 Å². The van der Waals surface area contributed by atoms with E-state index in [0.717, 1.165) is 54.2 Å². The molecular weight excluding hydrogens is 312 g/mol. The van der Waals surface area contributed by atoms with Crippen LogP contribution in [0.15, 0.2) is 43.5 Å². The molecule has 6 heteroatoms. The summed E-state index contributed by atoms with van der Waals surface area (Å²) >= 11 is 0. The standard InChI is InChI=1S/C19H22N6/c1-14(16-4-5-25-19(10-16)21-13-22-25)18-11-17(12-20-15(18)2)24-8-6-23(3)7-9-24/h4-5,10-13H,1,6-9H2,2-3H3. The lowest BCUT2D eigenvalue weighted by molar-refractivity contribution is 0.313. The fourth-order valence-corrected chi connectivity index (χ4v) is 3.22. The highest BCUT2D eigenvalue weighted by molar-refractivity contribution is 5.81. The number of aryl methyl sites for hydroxylation is 1. The summed E-state index contributed by atoms with van der Waals surface area (Å²) < 4.78 is 1.75. The number of hydrogen-bond acceptors (Lipinski definition) is 5. The maximum atomic E-state index is 4.62. The molecule has 0 spiro atoms. The quantitative estimate of drug-likeness (QED) is 0.735. The molecule has 0 unspecified atom stereocenters. The minimum atomic E-state index is 0.819. The molecular formula is C19H22N6. The minimum Gasteiger partial charge on any atom is -0.368 e. The molecule has 0 amide bonds. The van der Waals surface area contributed by atoms with Gasteiger partial charge >= 0.3 is 0 Å². The van der Waals surface area contributed by atoms with Crippen LogP contribution in [-0.4, -0.2) is 57.7 Å². The SMILES string of the molecule is C=C(c1ccn2ncnc2c1)c1cc(N2CCN(C)CC2)cnc1C. The van der Waals surface area contributed by atoms with Crippen molar-refractivity contribution in [3.8, 4) is 0 Å². The molecule has 4 rings (SSSR count). The van der Waals surface area contributed by atoms with Crippen LogP contribution < -0.4 is 4.90 Å². The Labute approximate surface area is 147 Å². The van der Waals surface area contributed by atoms with E-state index in [1.807, 2.05) is 31.5 Å². The average Bonchev–Trinajstić information content (AvgIpc) is 3.10. The zero-order chi connectivity index (χ0) is 17.4. The molecule has 3 aromatic rings. The van der Waals surface area contributed by atoms with E-state index < -0.39 is 0 Å². The Morgan fingerprint density at radius 3 is 2.72 bits per heavy atom. The number of nitrogens with zero attached hydrogens (tertiary/aromatic N) is 6. The van der Waals surface area contributed by atoms with Gasteiger partial charge in [-0.3, -0.25) is 4.98 Å². The van der Waals surface area contributed by atoms with Crippen LogP contribution in [-0.2, 0) is 0 Å². The van der Waals surface area contributed by atoms with Gasteiger partial charge in [-0.05, 0) is 43.3 Å². The minimum absolute atomic E-state index is 0.819. The summed E-state index contributed by atoms with van der Waals surface area (Å²) in [7, 11) is 2.17. The molecule has 0 N–H and O–H groups in total. The zero-order valence-electron chi connectivity index (χ0n) is 14.7. The topological polar surface area (TPSA) is 49.6 Å². The number of anilines is 1. The maximum Gasteiger partial charge on any atom is 0.155 e. The summed E-state index contributed by atoms with van der Waals surface area (Å²) in [4.78, 5) is 13.6. The molecule has 1 aliphatic heterocycles. The first kappa shape index (κ1) is 15.8. The summed E-state index contributed by atoms with van der Waals surface area (Å²) in [5.74, 6) is 0. The Bertz CT molecular complexity index is 921. The third kappa shape index (κ3) is 3.00. The fraction of sp³-hybridized carbons (Fsp3) is 0.316. The summed E-state index contributed by atoms with van der Waals surface area (Å²) in [6.07, 6.45) is 5.44. The van der Waals surface area contributed by atoms with Gasteiger partial charge in [0.1, 0.15) is 6.33 Å². The highest BCUT2D eigenvalue weighted by Crippen LogP contribution is 2.28. The smallest absolute Gasteiger partial charge is 0.155 e. The molecule has 0 aromatic carbocycles. The lowest BCUT2D eigenvalue weighted by Crippen LogP contribution is -2.44. The van der Waals surface area contributed by atoms with Gasteiger partial charge in [0.25, 0.3) is 0 Å². The summed E-state index contributed by atoms with van der Waals surface area (Å²) in [6, 6.07) is 6.24. The lowest BCUT2D eigenvalue weighted by Gasteiger charge is -2.34. The first-order chi connectivity index (χ1) is 12.1. The Morgan fingerprint density at radius 2 is 1.92 bits per heavy atom. The molecule has 0 aliphatic carbocycles. The van der Waals surface area contributed by atoms with Gasteiger partial charge in [0.15, 0.2) is 5.65 Å². The molecule has 0 saturated carbocycles. The van der Waals surface area contributed by atoms with Gasteiger partial charge in [-0.15, -0.1) is 0 Å². The Hall–Kier alpha value is -2.73. The second-order valence-electron chi connectivity index (χ2n) is 6.57. The molecule has 0 radical (unpaired) electrons. The van der Waals surface area contributed by atoms with Crippen molar-refractivity contribution in [3.63, 3.8) is 0 Å². The van der Waals surface area contributed by atoms with Crippen molar-refractivity contribution < 1.29 is 0 Å². The van der Waals surface area contributed by atoms with E-state index in [1.165, 1.54) is 5.69 Å². The Kier molecular flexibility index (Phi) is 3.97. The maximum absolute atomic E-state index is 4.62. The van der Waals surface area contributed by atoms with Crippen LogP contribution in [0.25, 0.3) is 11.2 Å². The van der Waals surface area contributed by atoms with Crippen molar-refractivity contribution in [2.45, 2.75) is 6.92 Å². The van der Waals surface area contributed by atoms with Crippen LogP contribution in [0.1, 0.15) is 16.8 Å². The molecule has 0 bridgehead atoms. The normalized spacial score (nSPS) is 15.7. The number of piperazine rings is 1. The molecule has 3 aromatic heterocycles. The van der Waals surface area contributed by atoms with Gasteiger partial charge in [0, 0.05) is 43.6 Å². The van der Waals surface area contributed by atoms with Crippen LogP contribution >= 0.6 is 0 Å². The first-order valence-electron chi connectivity index (χ1n) is 8.51. The van der Waals surface area contributed by atoms with Crippen LogP contribution in [0, 0.1) is 6.92 Å². The molecule has 128 valence electrons. The van der Waals surface area contributed by atoms with Gasteiger partial charge in [-0.1, -0.05) is 6.58 Å². The average molecular weight is 334 g/mol. The number of likely N-dealkylation sites (N-methyl/N-ethyl adjacent to an activating group) is 1. The van der Waals surface area contributed by atoms with Gasteiger partial charge in [0.2, 0.25) is 0 Å². The van der Waals surface area contributed by atoms with E-state index in [1.54, 1.807) is 10.8 Å². The summed E-state index contributed by atoms with van der Waals surface area (Å²) in [6.45, 7) is 10.6. The second-order valence-corrected chi connectivity index (χ2v) is 6.57. The number of pyridine rings is 2. The molecule has 6 nitrogen and oxygen atoms in total. The van der Waals surface area contributed by atoms with Crippen LogP contribution in [0.4, 0.5) is 5.69 Å². The van der Waals surface area contributed by atoms with Crippen LogP contribution in [0.2, 0.25) is 0 Å². The van der Waals surface area contributed by atoms with Crippen molar-refractivity contribution in [3.05, 3.63) is 60.3 Å². The van der Waals surface area contributed by atoms with Gasteiger partial charge in [0.05, 0.1) is 11.9 Å². The number of aromatic nitrogens is 4. The molecule has 25 heavy (non-hydrogen) atoms. The van der Waals surface area contributed by atoms with E-state index in [2.05, 4.69) is 44.6 Å². The lowest BCUT2D eigenvalue weighted by atomic mass is 9.99. The number of fused-ring (bicyclic) bond motifs is 1. The predicted molar refractivity (Wildman–Crippen MR) is 99.8 cm³/mol. The molecule has 1 fully saturated rings. The van der Waals surface area contributed by atoms with Crippen molar-refractivity contribution in [1.29, 1.82) is 0 Å². The van der Waals surface area contributed by atoms with Crippen molar-refractivity contribution >= 4 is 16.9 Å². The largest absolute Gasteiger partial charge is 0.368 e. The van der Waals surface area contributed by atoms with Gasteiger partial charge in [-0.2, -0.15) is 5.10 Å². The highest BCUT2D eigenvalue weighted by Gasteiger charge is 2.17. The zero-order valence-corrected chi connectivity index (χ0v) is 14.7. The van der Waals surface area contributed by atoms with Crippen molar-refractivity contribution in [2.24, 2.45) is 0 Å². The number of hydrogen-bond donors (Lipinski definition) is 0. The van der Waals surface area contributed by atoms with Crippen molar-refractivity contribution in [2.75, 3.05) is 38.1 Å². The fourth-order valence-electron chi connectivity index (χ4n) is 3.22. The molecule has 4 heterocycles. The van der Waals surface area contributed by atoms with E-state index in [9.17, 15) is 0 Å². The highest BCUT2D eigenvalue weighted by atomic mass is 15.3. The van der Waals surface area contributed by atoms with E-state index in [4.69, 9.17) is 0 Å². The molecule has 1 saturated heterocycles. The third-order valence-electron chi connectivity index (χ3n) is 4.90. The molecule has 0 atom stereocenters. The molecule has 1 aliphatic rings. The predicted octanol–water partition coefficient (Wildman–Crippen LogP) is 2.25. The third-order valence-corrected chi connectivity index (χ3v) is 4.90. The van der Waals surface area contributed by atoms with E-state index in [-0.39, 0.29) is 0 Å². The van der Waals surface area contributed by atoms with Gasteiger partial charge < -0.3 is 9.80 Å². The summed E-state index contributed by atoms with van der Waals surface area (Å²) in [5.41, 5.74) is 6.06. The van der Waals surface area contributed by atoms with Crippen LogP contribution in [0.3, 0.4) is 0 Å². The summed E-state index contributed by atoms with van der Waals surface area (Å²) in [5, 5.41) is 4.14. The second kappa shape index (κ2) is 6.29. The first-order valence-corrected chi connectivity index (χ1v) is 8.51. The van der Waals surface area contributed by atoms with E-state index >= 15 is 0 Å². The number of rotatable bonds is 3. The monoisotopic (exact) mass is 334 g/mol. The van der Waals surface area contributed by atoms with Crippen molar-refractivity contribution in [1.82, 2.24) is 24.5 Å².